The summed E-state index contributed by atoms with van der Waals surface area (Å²) in [4.78, 5) is 13.6. The van der Waals surface area contributed by atoms with Crippen molar-refractivity contribution in [1.29, 1.82) is 0 Å². The third-order valence-electron chi connectivity index (χ3n) is 2.44. The molecule has 5 nitrogen and oxygen atoms in total. The van der Waals surface area contributed by atoms with E-state index in [9.17, 15) is 4.79 Å². The number of ether oxygens (including phenoxy) is 1. The van der Waals surface area contributed by atoms with Gasteiger partial charge in [0, 0.05) is 32.3 Å². The van der Waals surface area contributed by atoms with Crippen LogP contribution in [-0.2, 0) is 4.74 Å². The Morgan fingerprint density at radius 2 is 2.18 bits per heavy atom. The molecule has 0 unspecified atom stereocenters. The van der Waals surface area contributed by atoms with Gasteiger partial charge in [0.1, 0.15) is 5.60 Å². The average molecular weight is 267 g/mol. The first-order valence-corrected chi connectivity index (χ1v) is 5.75. The molecule has 1 rings (SSSR count). The molecule has 1 amide bonds. The monoisotopic (exact) mass is 266 g/mol. The van der Waals surface area contributed by atoms with E-state index in [0.29, 0.717) is 13.0 Å². The molecule has 0 aromatic heterocycles. The van der Waals surface area contributed by atoms with E-state index in [1.807, 2.05) is 20.8 Å². The minimum atomic E-state index is -0.467. The molecule has 0 radical (unpaired) electrons. The topological polar surface area (TPSA) is 61.8 Å². The van der Waals surface area contributed by atoms with Crippen molar-refractivity contribution in [2.24, 2.45) is 0 Å². The lowest BCUT2D eigenvalue weighted by atomic mass is 10.1. The van der Waals surface area contributed by atoms with E-state index < -0.39 is 5.60 Å². The number of aliphatic hydroxyl groups excluding tert-OH is 1. The van der Waals surface area contributed by atoms with Crippen LogP contribution in [0.25, 0.3) is 0 Å². The highest BCUT2D eigenvalue weighted by Crippen LogP contribution is 2.14. The van der Waals surface area contributed by atoms with Gasteiger partial charge in [-0.2, -0.15) is 0 Å². The van der Waals surface area contributed by atoms with Gasteiger partial charge in [-0.3, -0.25) is 0 Å². The summed E-state index contributed by atoms with van der Waals surface area (Å²) in [5.74, 6) is 0. The Kier molecular flexibility index (Phi) is 6.82. The smallest absolute Gasteiger partial charge is 0.410 e. The number of rotatable bonds is 2. The molecule has 6 heteroatoms. The molecule has 2 N–H and O–H groups in total. The molecule has 17 heavy (non-hydrogen) atoms. The number of aliphatic hydroxyl groups is 1. The fourth-order valence-electron chi connectivity index (χ4n) is 1.73. The first-order chi connectivity index (χ1) is 7.44. The summed E-state index contributed by atoms with van der Waals surface area (Å²) in [6, 6.07) is 0.0357. The molecule has 1 saturated heterocycles. The van der Waals surface area contributed by atoms with Crippen LogP contribution >= 0.6 is 12.4 Å². The molecule has 102 valence electrons. The number of hydrogen-bond donors (Lipinski definition) is 2. The molecule has 1 fully saturated rings. The number of piperazine rings is 1. The highest BCUT2D eigenvalue weighted by Gasteiger charge is 2.29. The van der Waals surface area contributed by atoms with Crippen LogP contribution in [-0.4, -0.2) is 54.0 Å². The Labute approximate surface area is 109 Å². The van der Waals surface area contributed by atoms with Crippen molar-refractivity contribution in [3.8, 4) is 0 Å². The normalized spacial score (nSPS) is 20.7. The van der Waals surface area contributed by atoms with Gasteiger partial charge in [-0.25, -0.2) is 4.79 Å². The first kappa shape index (κ1) is 16.5. The standard InChI is InChI=1S/C11H22N2O3.ClH/c1-11(2,3)16-10(15)13-6-5-12-8-9(13)4-7-14;/h9,12,14H,4-8H2,1-3H3;1H/t9-;/m0./s1. The van der Waals surface area contributed by atoms with Crippen LogP contribution in [0.5, 0.6) is 0 Å². The van der Waals surface area contributed by atoms with Crippen molar-refractivity contribution in [2.75, 3.05) is 26.2 Å². The van der Waals surface area contributed by atoms with Gasteiger partial charge < -0.3 is 20.1 Å². The lowest BCUT2D eigenvalue weighted by Gasteiger charge is -2.36. The summed E-state index contributed by atoms with van der Waals surface area (Å²) >= 11 is 0. The maximum atomic E-state index is 11.9. The minimum Gasteiger partial charge on any atom is -0.444 e. The number of carbonyl (C=O) groups is 1. The Hall–Kier alpha value is -0.520. The average Bonchev–Trinajstić information content (AvgIpc) is 2.16. The quantitative estimate of drug-likeness (QED) is 0.783. The van der Waals surface area contributed by atoms with Crippen molar-refractivity contribution in [1.82, 2.24) is 10.2 Å². The fourth-order valence-corrected chi connectivity index (χ4v) is 1.73. The molecule has 1 aliphatic rings. The molecular formula is C11H23ClN2O3. The molecule has 0 aliphatic carbocycles. The molecule has 1 atom stereocenters. The highest BCUT2D eigenvalue weighted by molar-refractivity contribution is 5.85. The summed E-state index contributed by atoms with van der Waals surface area (Å²) in [5, 5.41) is 12.2. The summed E-state index contributed by atoms with van der Waals surface area (Å²) < 4.78 is 5.33. The zero-order chi connectivity index (χ0) is 12.2. The lowest BCUT2D eigenvalue weighted by Crippen LogP contribution is -2.54. The molecular weight excluding hydrogens is 244 g/mol. The van der Waals surface area contributed by atoms with Crippen LogP contribution in [0.1, 0.15) is 27.2 Å². The Bertz CT molecular complexity index is 241. The second-order valence-electron chi connectivity index (χ2n) is 5.04. The summed E-state index contributed by atoms with van der Waals surface area (Å²) in [6.07, 6.45) is 0.305. The number of hydrogen-bond acceptors (Lipinski definition) is 4. The van der Waals surface area contributed by atoms with Gasteiger partial charge in [0.25, 0.3) is 0 Å². The summed E-state index contributed by atoms with van der Waals surface area (Å²) in [5.41, 5.74) is -0.467. The number of amides is 1. The Morgan fingerprint density at radius 3 is 2.71 bits per heavy atom. The Balaban J connectivity index is 0.00000256. The predicted octanol–water partition coefficient (Wildman–Crippen LogP) is 1.000. The number of halogens is 1. The third-order valence-corrected chi connectivity index (χ3v) is 2.44. The van der Waals surface area contributed by atoms with E-state index in [0.717, 1.165) is 13.1 Å². The van der Waals surface area contributed by atoms with Crippen molar-refractivity contribution < 1.29 is 14.6 Å². The molecule has 1 aliphatic heterocycles. The van der Waals surface area contributed by atoms with Crippen LogP contribution < -0.4 is 5.32 Å². The van der Waals surface area contributed by atoms with Crippen molar-refractivity contribution in [3.63, 3.8) is 0 Å². The van der Waals surface area contributed by atoms with Crippen molar-refractivity contribution >= 4 is 18.5 Å². The van der Waals surface area contributed by atoms with E-state index >= 15 is 0 Å². The third kappa shape index (κ3) is 5.57. The van der Waals surface area contributed by atoms with E-state index in [4.69, 9.17) is 9.84 Å². The predicted molar refractivity (Wildman–Crippen MR) is 68.5 cm³/mol. The minimum absolute atomic E-state index is 0. The first-order valence-electron chi connectivity index (χ1n) is 5.75. The molecule has 0 aromatic carbocycles. The fraction of sp³-hybridized carbons (Fsp3) is 0.909. The van der Waals surface area contributed by atoms with Gasteiger partial charge in [-0.1, -0.05) is 0 Å². The molecule has 0 bridgehead atoms. The van der Waals surface area contributed by atoms with Crippen LogP contribution in [0.15, 0.2) is 0 Å². The summed E-state index contributed by atoms with van der Waals surface area (Å²) in [6.45, 7) is 7.79. The van der Waals surface area contributed by atoms with Crippen LogP contribution in [0.3, 0.4) is 0 Å². The molecule has 0 aromatic rings. The van der Waals surface area contributed by atoms with Gasteiger partial charge >= 0.3 is 6.09 Å². The zero-order valence-corrected chi connectivity index (χ0v) is 11.5. The zero-order valence-electron chi connectivity index (χ0n) is 10.7. The number of carbonyl (C=O) groups excluding carboxylic acids is 1. The van der Waals surface area contributed by atoms with Gasteiger partial charge in [-0.05, 0) is 27.2 Å². The SMILES string of the molecule is CC(C)(C)OC(=O)N1CCNC[C@@H]1CCO.Cl. The van der Waals surface area contributed by atoms with Gasteiger partial charge in [0.2, 0.25) is 0 Å². The largest absolute Gasteiger partial charge is 0.444 e. The van der Waals surface area contributed by atoms with Crippen LogP contribution in [0, 0.1) is 0 Å². The van der Waals surface area contributed by atoms with E-state index in [1.54, 1.807) is 4.90 Å². The maximum Gasteiger partial charge on any atom is 0.410 e. The Morgan fingerprint density at radius 1 is 1.53 bits per heavy atom. The van der Waals surface area contributed by atoms with Crippen molar-refractivity contribution in [2.45, 2.75) is 38.8 Å². The van der Waals surface area contributed by atoms with Crippen LogP contribution in [0.2, 0.25) is 0 Å². The second kappa shape index (κ2) is 7.03. The van der Waals surface area contributed by atoms with E-state index in [-0.39, 0.29) is 31.1 Å². The van der Waals surface area contributed by atoms with E-state index in [1.165, 1.54) is 0 Å². The van der Waals surface area contributed by atoms with Crippen molar-refractivity contribution in [3.05, 3.63) is 0 Å². The number of nitrogens with zero attached hydrogens (tertiary/aromatic N) is 1. The highest BCUT2D eigenvalue weighted by atomic mass is 35.5. The lowest BCUT2D eigenvalue weighted by molar-refractivity contribution is 0.00950. The van der Waals surface area contributed by atoms with Gasteiger partial charge in [-0.15, -0.1) is 12.4 Å². The van der Waals surface area contributed by atoms with Gasteiger partial charge in [0.15, 0.2) is 0 Å². The summed E-state index contributed by atoms with van der Waals surface area (Å²) in [7, 11) is 0. The van der Waals surface area contributed by atoms with E-state index in [2.05, 4.69) is 5.32 Å². The molecule has 0 saturated carbocycles. The van der Waals surface area contributed by atoms with Gasteiger partial charge in [0.05, 0.1) is 0 Å². The maximum absolute atomic E-state index is 11.9. The molecule has 1 heterocycles. The number of nitrogens with one attached hydrogen (secondary N) is 1. The second-order valence-corrected chi connectivity index (χ2v) is 5.04. The molecule has 0 spiro atoms. The van der Waals surface area contributed by atoms with Crippen LogP contribution in [0.4, 0.5) is 4.79 Å².